The number of halogens is 2. The molecule has 7 heteroatoms. The number of carboxylic acids is 1. The summed E-state index contributed by atoms with van der Waals surface area (Å²) in [6, 6.07) is 0. The minimum absolute atomic E-state index is 0.0982. The first kappa shape index (κ1) is 13.2. The monoisotopic (exact) mass is 253 g/mol. The van der Waals surface area contributed by atoms with Gasteiger partial charge in [-0.2, -0.15) is 8.78 Å². The molecule has 4 nitrogen and oxygen atoms in total. The molecule has 1 aliphatic rings. The Bertz CT molecular complexity index is 317. The first-order chi connectivity index (χ1) is 7.42. The van der Waals surface area contributed by atoms with Gasteiger partial charge < -0.3 is 14.6 Å². The van der Waals surface area contributed by atoms with Crippen molar-refractivity contribution in [3.05, 3.63) is 12.2 Å². The average molecular weight is 253 g/mol. The van der Waals surface area contributed by atoms with Gasteiger partial charge in [0, 0.05) is 22.3 Å². The van der Waals surface area contributed by atoms with E-state index >= 15 is 0 Å². The lowest BCUT2D eigenvalue weighted by Gasteiger charge is -2.15. The molecule has 0 aromatic heterocycles. The summed E-state index contributed by atoms with van der Waals surface area (Å²) in [5, 5.41) is 9.86. The number of rotatable bonds is 5. The molecule has 0 radical (unpaired) electrons. The van der Waals surface area contributed by atoms with E-state index in [2.05, 4.69) is 4.74 Å². The van der Waals surface area contributed by atoms with E-state index in [-0.39, 0.29) is 5.92 Å². The molecule has 0 N–H and O–H groups in total. The van der Waals surface area contributed by atoms with Gasteiger partial charge >= 0.3 is 6.11 Å². The third-order valence-electron chi connectivity index (χ3n) is 2.12. The molecule has 0 amide bonds. The fraction of sp³-hybridized carbons (Fsp3) is 0.667. The van der Waals surface area contributed by atoms with Crippen LogP contribution in [0.1, 0.15) is 6.42 Å². The van der Waals surface area contributed by atoms with Gasteiger partial charge in [-0.15, -0.1) is 0 Å². The van der Waals surface area contributed by atoms with Crippen LogP contribution >= 0.6 is 0 Å². The Morgan fingerprint density at radius 2 is 2.31 bits per heavy atom. The molecule has 2 unspecified atom stereocenters. The summed E-state index contributed by atoms with van der Waals surface area (Å²) >= 11 is 0. The van der Waals surface area contributed by atoms with E-state index in [0.717, 1.165) is 6.42 Å². The van der Waals surface area contributed by atoms with Gasteiger partial charge in [-0.05, 0) is 12.3 Å². The highest BCUT2D eigenvalue weighted by Crippen LogP contribution is 2.17. The van der Waals surface area contributed by atoms with Gasteiger partial charge in [0.05, 0.1) is 6.61 Å². The van der Waals surface area contributed by atoms with E-state index < -0.39 is 29.5 Å². The third-order valence-corrected chi connectivity index (χ3v) is 3.61. The van der Waals surface area contributed by atoms with Crippen LogP contribution in [0.3, 0.4) is 0 Å². The minimum atomic E-state index is -4.26. The number of ether oxygens (including phenoxy) is 1. The van der Waals surface area contributed by atoms with Crippen LogP contribution in [0.4, 0.5) is 8.78 Å². The molecule has 1 rings (SSSR count). The highest BCUT2D eigenvalue weighted by Gasteiger charge is 2.31. The number of alkyl halides is 2. The fourth-order valence-electron chi connectivity index (χ4n) is 1.30. The number of allylic oxidation sites excluding steroid dienone is 1. The maximum Gasteiger partial charge on any atom is 0.397 e. The van der Waals surface area contributed by atoms with E-state index in [1.165, 1.54) is 6.08 Å². The lowest BCUT2D eigenvalue weighted by molar-refractivity contribution is -0.361. The molecule has 0 aromatic rings. The number of carbonyl (C=O) groups excluding carboxylic acids is 1. The number of hydrogen-bond donors (Lipinski definition) is 0. The summed E-state index contributed by atoms with van der Waals surface area (Å²) < 4.78 is 39.5. The van der Waals surface area contributed by atoms with Crippen molar-refractivity contribution in [1.82, 2.24) is 0 Å². The quantitative estimate of drug-likeness (QED) is 0.629. The summed E-state index contributed by atoms with van der Waals surface area (Å²) in [6.45, 7) is -0.510. The largest absolute Gasteiger partial charge is 0.542 e. The molecule has 0 spiro atoms. The molecule has 1 fully saturated rings. The first-order valence-electron chi connectivity index (χ1n) is 4.66. The Hall–Kier alpha value is -0.820. The minimum Gasteiger partial charge on any atom is -0.542 e. The molecule has 1 aliphatic heterocycles. The zero-order chi connectivity index (χ0) is 12.2. The molecule has 1 heterocycles. The second kappa shape index (κ2) is 5.49. The van der Waals surface area contributed by atoms with Crippen molar-refractivity contribution < 1.29 is 27.6 Å². The zero-order valence-corrected chi connectivity index (χ0v) is 9.17. The van der Waals surface area contributed by atoms with Crippen molar-refractivity contribution in [3.8, 4) is 0 Å². The molecule has 0 saturated carbocycles. The zero-order valence-electron chi connectivity index (χ0n) is 8.36. The summed E-state index contributed by atoms with van der Waals surface area (Å²) in [5.41, 5.74) is 0. The van der Waals surface area contributed by atoms with Gasteiger partial charge in [-0.3, -0.25) is 4.21 Å². The Labute approximate surface area is 93.7 Å². The molecule has 1 saturated heterocycles. The van der Waals surface area contributed by atoms with Gasteiger partial charge in [-0.25, -0.2) is 0 Å². The van der Waals surface area contributed by atoms with Crippen LogP contribution in [0.25, 0.3) is 0 Å². The van der Waals surface area contributed by atoms with Crippen molar-refractivity contribution in [1.29, 1.82) is 0 Å². The second-order valence-corrected chi connectivity index (χ2v) is 5.02. The van der Waals surface area contributed by atoms with Crippen molar-refractivity contribution in [3.63, 3.8) is 0 Å². The topological polar surface area (TPSA) is 66.4 Å². The molecular formula is C9H11F2O4S-. The summed E-state index contributed by atoms with van der Waals surface area (Å²) in [7, 11) is -0.827. The average Bonchev–Trinajstić information content (AvgIpc) is 2.59. The van der Waals surface area contributed by atoms with Crippen molar-refractivity contribution >= 4 is 16.8 Å². The van der Waals surface area contributed by atoms with Crippen LogP contribution in [0, 0.1) is 5.92 Å². The van der Waals surface area contributed by atoms with E-state index in [1.54, 1.807) is 6.08 Å². The number of aliphatic carboxylic acids is 1. The predicted molar refractivity (Wildman–Crippen MR) is 51.0 cm³/mol. The number of hydrogen-bond acceptors (Lipinski definition) is 4. The molecule has 0 bridgehead atoms. The van der Waals surface area contributed by atoms with Crippen LogP contribution in [-0.2, 0) is 20.3 Å². The van der Waals surface area contributed by atoms with E-state index in [4.69, 9.17) is 0 Å². The Balaban J connectivity index is 2.27. The molecule has 92 valence electrons. The Morgan fingerprint density at radius 1 is 1.62 bits per heavy atom. The summed E-state index contributed by atoms with van der Waals surface area (Å²) in [6.07, 6.45) is -0.580. The molecular weight excluding hydrogens is 242 g/mol. The van der Waals surface area contributed by atoms with Crippen LogP contribution in [0.5, 0.6) is 0 Å². The number of carboxylic acid groups (broad SMARTS) is 1. The van der Waals surface area contributed by atoms with E-state index in [1.807, 2.05) is 0 Å². The second-order valence-electron chi connectivity index (χ2n) is 3.40. The van der Waals surface area contributed by atoms with Gasteiger partial charge in [0.15, 0.2) is 0 Å². The third kappa shape index (κ3) is 3.97. The van der Waals surface area contributed by atoms with Crippen molar-refractivity contribution in [2.24, 2.45) is 5.92 Å². The lowest BCUT2D eigenvalue weighted by Crippen LogP contribution is -2.43. The Kier molecular flexibility index (Phi) is 4.55. The van der Waals surface area contributed by atoms with E-state index in [9.17, 15) is 22.9 Å². The molecule has 16 heavy (non-hydrogen) atoms. The van der Waals surface area contributed by atoms with Gasteiger partial charge in [0.1, 0.15) is 5.97 Å². The number of carbonyl (C=O) groups is 1. The standard InChI is InChI=1S/C9H12F2O4S/c10-9(11,8(12)13)15-4-1-2-7-3-5-16(14)6-7/h1-2,7H,3-6H2,(H,12,13)/p-1/b2-1+. The summed E-state index contributed by atoms with van der Waals surface area (Å²) in [5.74, 6) is -1.32. The maximum absolute atomic E-state index is 12.3. The SMILES string of the molecule is O=C([O-])C(F)(F)OC/C=C/C1CCS(=O)C1. The van der Waals surface area contributed by atoms with Crippen LogP contribution in [-0.4, -0.2) is 34.4 Å². The Morgan fingerprint density at radius 3 is 2.81 bits per heavy atom. The molecule has 0 aliphatic carbocycles. The highest BCUT2D eigenvalue weighted by molar-refractivity contribution is 7.85. The van der Waals surface area contributed by atoms with Gasteiger partial charge in [0.25, 0.3) is 0 Å². The smallest absolute Gasteiger partial charge is 0.397 e. The van der Waals surface area contributed by atoms with Gasteiger partial charge in [-0.1, -0.05) is 12.2 Å². The summed E-state index contributed by atoms with van der Waals surface area (Å²) in [4.78, 5) is 9.86. The van der Waals surface area contributed by atoms with Gasteiger partial charge in [0.2, 0.25) is 0 Å². The van der Waals surface area contributed by atoms with Crippen LogP contribution in [0.15, 0.2) is 12.2 Å². The lowest BCUT2D eigenvalue weighted by atomic mass is 10.1. The normalized spacial score (nSPS) is 26.4. The first-order valence-corrected chi connectivity index (χ1v) is 6.15. The maximum atomic E-state index is 12.3. The van der Waals surface area contributed by atoms with Crippen LogP contribution in [0.2, 0.25) is 0 Å². The molecule has 2 atom stereocenters. The van der Waals surface area contributed by atoms with Crippen LogP contribution < -0.4 is 5.11 Å². The van der Waals surface area contributed by atoms with Crippen molar-refractivity contribution in [2.75, 3.05) is 18.1 Å². The molecule has 0 aromatic carbocycles. The highest BCUT2D eigenvalue weighted by atomic mass is 32.2. The van der Waals surface area contributed by atoms with Crippen molar-refractivity contribution in [2.45, 2.75) is 12.5 Å². The predicted octanol–water partition coefficient (Wildman–Crippen LogP) is -0.330. The van der Waals surface area contributed by atoms with E-state index in [0.29, 0.717) is 11.5 Å². The fourth-order valence-corrected chi connectivity index (χ4v) is 2.79.